The van der Waals surface area contributed by atoms with E-state index in [1.165, 1.54) is 4.90 Å². The molecule has 9 heteroatoms. The van der Waals surface area contributed by atoms with Crippen LogP contribution >= 0.6 is 12.2 Å². The molecule has 3 rings (SSSR count). The molecule has 1 aromatic carbocycles. The van der Waals surface area contributed by atoms with Crippen LogP contribution < -0.4 is 15.0 Å². The summed E-state index contributed by atoms with van der Waals surface area (Å²) in [6.07, 6.45) is 1.64. The SMILES string of the molecule is COCCN1C(=O)/C(=C/N2CCN(c3ccc(OC)cc3)CC2)C(=O)NC1=S. The van der Waals surface area contributed by atoms with Gasteiger partial charge in [-0.3, -0.25) is 19.8 Å². The largest absolute Gasteiger partial charge is 0.497 e. The minimum Gasteiger partial charge on any atom is -0.497 e. The Morgan fingerprint density at radius 3 is 2.39 bits per heavy atom. The van der Waals surface area contributed by atoms with Crippen LogP contribution in [0, 0.1) is 0 Å². The number of nitrogens with one attached hydrogen (secondary N) is 1. The lowest BCUT2D eigenvalue weighted by Gasteiger charge is -2.36. The van der Waals surface area contributed by atoms with E-state index in [9.17, 15) is 9.59 Å². The Morgan fingerprint density at radius 2 is 1.79 bits per heavy atom. The quantitative estimate of drug-likeness (QED) is 0.423. The van der Waals surface area contributed by atoms with Crippen LogP contribution in [0.5, 0.6) is 5.75 Å². The topological polar surface area (TPSA) is 74.3 Å². The summed E-state index contributed by atoms with van der Waals surface area (Å²) in [7, 11) is 3.20. The minimum atomic E-state index is -0.457. The highest BCUT2D eigenvalue weighted by Crippen LogP contribution is 2.21. The van der Waals surface area contributed by atoms with Gasteiger partial charge in [-0.05, 0) is 36.5 Å². The van der Waals surface area contributed by atoms with Gasteiger partial charge in [0.25, 0.3) is 11.8 Å². The van der Waals surface area contributed by atoms with Crippen molar-refractivity contribution in [3.63, 3.8) is 0 Å². The molecule has 2 saturated heterocycles. The van der Waals surface area contributed by atoms with Gasteiger partial charge in [0, 0.05) is 45.2 Å². The Labute approximate surface area is 169 Å². The predicted molar refractivity (Wildman–Crippen MR) is 109 cm³/mol. The van der Waals surface area contributed by atoms with Gasteiger partial charge in [-0.25, -0.2) is 0 Å². The number of carbonyl (C=O) groups excluding carboxylic acids is 2. The lowest BCUT2D eigenvalue weighted by Crippen LogP contribution is -2.55. The number of amides is 2. The number of benzene rings is 1. The third-order valence-corrected chi connectivity index (χ3v) is 5.09. The first-order valence-electron chi connectivity index (χ1n) is 9.04. The Morgan fingerprint density at radius 1 is 1.11 bits per heavy atom. The van der Waals surface area contributed by atoms with Gasteiger partial charge in [0.2, 0.25) is 0 Å². The van der Waals surface area contributed by atoms with E-state index in [0.29, 0.717) is 26.2 Å². The number of carbonyl (C=O) groups is 2. The van der Waals surface area contributed by atoms with Gasteiger partial charge in [0.1, 0.15) is 11.3 Å². The van der Waals surface area contributed by atoms with Crippen LogP contribution in [0.15, 0.2) is 36.0 Å². The number of nitrogens with zero attached hydrogens (tertiary/aromatic N) is 3. The molecule has 2 amide bonds. The van der Waals surface area contributed by atoms with Gasteiger partial charge < -0.3 is 19.3 Å². The monoisotopic (exact) mass is 404 g/mol. The number of piperazine rings is 1. The molecular formula is C19H24N4O4S. The lowest BCUT2D eigenvalue weighted by molar-refractivity contribution is -0.129. The molecule has 2 fully saturated rings. The van der Waals surface area contributed by atoms with Crippen molar-refractivity contribution in [3.8, 4) is 5.75 Å². The molecular weight excluding hydrogens is 380 g/mol. The van der Waals surface area contributed by atoms with Crippen LogP contribution in [0.2, 0.25) is 0 Å². The molecule has 8 nitrogen and oxygen atoms in total. The summed E-state index contributed by atoms with van der Waals surface area (Å²) in [5, 5.41) is 2.70. The van der Waals surface area contributed by atoms with Gasteiger partial charge in [-0.1, -0.05) is 0 Å². The molecule has 0 atom stereocenters. The highest BCUT2D eigenvalue weighted by molar-refractivity contribution is 7.80. The first kappa shape index (κ1) is 20.1. The predicted octanol–water partition coefficient (Wildman–Crippen LogP) is 0.591. The van der Waals surface area contributed by atoms with Gasteiger partial charge in [0.05, 0.1) is 20.3 Å². The summed E-state index contributed by atoms with van der Waals surface area (Å²) < 4.78 is 10.2. The van der Waals surface area contributed by atoms with Crippen molar-refractivity contribution in [2.75, 3.05) is 58.5 Å². The summed E-state index contributed by atoms with van der Waals surface area (Å²) >= 11 is 5.10. The van der Waals surface area contributed by atoms with Crippen molar-refractivity contribution >= 4 is 34.8 Å². The first-order chi connectivity index (χ1) is 13.5. The Balaban J connectivity index is 1.64. The highest BCUT2D eigenvalue weighted by atomic mass is 32.1. The van der Waals surface area contributed by atoms with Crippen LogP contribution in [-0.4, -0.2) is 80.3 Å². The molecule has 0 bridgehead atoms. The molecule has 0 saturated carbocycles. The third kappa shape index (κ3) is 4.42. The Hall–Kier alpha value is -2.65. The fourth-order valence-corrected chi connectivity index (χ4v) is 3.42. The number of ether oxygens (including phenoxy) is 2. The van der Waals surface area contributed by atoms with Gasteiger partial charge in [-0.2, -0.15) is 0 Å². The Kier molecular flexibility index (Phi) is 6.48. The van der Waals surface area contributed by atoms with Crippen molar-refractivity contribution in [2.45, 2.75) is 0 Å². The zero-order valence-electron chi connectivity index (χ0n) is 16.0. The van der Waals surface area contributed by atoms with Gasteiger partial charge in [0.15, 0.2) is 5.11 Å². The number of thiocarbonyl (C=S) groups is 1. The van der Waals surface area contributed by atoms with Crippen molar-refractivity contribution in [1.82, 2.24) is 15.1 Å². The maximum atomic E-state index is 12.7. The van der Waals surface area contributed by atoms with Gasteiger partial charge >= 0.3 is 0 Å². The molecule has 0 aliphatic carbocycles. The Bertz CT molecular complexity index is 773. The molecule has 0 radical (unpaired) electrons. The summed E-state index contributed by atoms with van der Waals surface area (Å²) in [6.45, 7) is 3.64. The molecule has 0 unspecified atom stereocenters. The fraction of sp³-hybridized carbons (Fsp3) is 0.421. The maximum Gasteiger partial charge on any atom is 0.267 e. The summed E-state index contributed by atoms with van der Waals surface area (Å²) in [5.41, 5.74) is 1.22. The van der Waals surface area contributed by atoms with E-state index in [1.54, 1.807) is 20.4 Å². The smallest absolute Gasteiger partial charge is 0.267 e. The number of anilines is 1. The average Bonchev–Trinajstić information content (AvgIpc) is 2.71. The van der Waals surface area contributed by atoms with Crippen LogP contribution in [0.4, 0.5) is 5.69 Å². The number of methoxy groups -OCH3 is 2. The van der Waals surface area contributed by atoms with E-state index < -0.39 is 5.91 Å². The molecule has 150 valence electrons. The van der Waals surface area contributed by atoms with Crippen LogP contribution in [0.3, 0.4) is 0 Å². The minimum absolute atomic E-state index is 0.0996. The zero-order chi connectivity index (χ0) is 20.1. The molecule has 28 heavy (non-hydrogen) atoms. The standard InChI is InChI=1S/C19H24N4O4S/c1-26-12-11-23-18(25)16(17(24)20-19(23)28)13-21-7-9-22(10-8-21)14-3-5-15(27-2)6-4-14/h3-6,13H,7-12H2,1-2H3,(H,20,24,28)/b16-13+. The van der Waals surface area contributed by atoms with E-state index >= 15 is 0 Å². The second-order valence-electron chi connectivity index (χ2n) is 6.47. The third-order valence-electron chi connectivity index (χ3n) is 4.77. The van der Waals surface area contributed by atoms with E-state index in [2.05, 4.69) is 10.2 Å². The zero-order valence-corrected chi connectivity index (χ0v) is 16.8. The average molecular weight is 404 g/mol. The molecule has 0 aromatic heterocycles. The lowest BCUT2D eigenvalue weighted by atomic mass is 10.1. The number of hydrogen-bond donors (Lipinski definition) is 1. The summed E-state index contributed by atoms with van der Waals surface area (Å²) in [4.78, 5) is 30.6. The van der Waals surface area contributed by atoms with Crippen molar-refractivity contribution in [2.24, 2.45) is 0 Å². The number of rotatable bonds is 6. The molecule has 0 spiro atoms. The number of hydrogen-bond acceptors (Lipinski definition) is 7. The second-order valence-corrected chi connectivity index (χ2v) is 6.86. The van der Waals surface area contributed by atoms with E-state index in [-0.39, 0.29) is 16.6 Å². The molecule has 2 aliphatic heterocycles. The van der Waals surface area contributed by atoms with Crippen molar-refractivity contribution in [1.29, 1.82) is 0 Å². The van der Waals surface area contributed by atoms with Crippen molar-refractivity contribution in [3.05, 3.63) is 36.0 Å². The first-order valence-corrected chi connectivity index (χ1v) is 9.45. The van der Waals surface area contributed by atoms with Gasteiger partial charge in [-0.15, -0.1) is 0 Å². The van der Waals surface area contributed by atoms with Crippen LogP contribution in [0.25, 0.3) is 0 Å². The molecule has 2 heterocycles. The van der Waals surface area contributed by atoms with E-state index in [0.717, 1.165) is 24.5 Å². The van der Waals surface area contributed by atoms with Crippen LogP contribution in [0.1, 0.15) is 0 Å². The van der Waals surface area contributed by atoms with E-state index in [1.807, 2.05) is 29.2 Å². The fourth-order valence-electron chi connectivity index (χ4n) is 3.15. The molecule has 1 N–H and O–H groups in total. The van der Waals surface area contributed by atoms with Crippen LogP contribution in [-0.2, 0) is 14.3 Å². The highest BCUT2D eigenvalue weighted by Gasteiger charge is 2.34. The van der Waals surface area contributed by atoms with Crippen molar-refractivity contribution < 1.29 is 19.1 Å². The second kappa shape index (κ2) is 9.03. The van der Waals surface area contributed by atoms with E-state index in [4.69, 9.17) is 21.7 Å². The summed E-state index contributed by atoms with van der Waals surface area (Å²) in [5.74, 6) is -0.0190. The maximum absolute atomic E-state index is 12.7. The molecule has 1 aromatic rings. The normalized spacial score (nSPS) is 19.3. The molecule has 2 aliphatic rings. The summed E-state index contributed by atoms with van der Waals surface area (Å²) in [6, 6.07) is 7.93.